The van der Waals surface area contributed by atoms with E-state index in [4.69, 9.17) is 4.74 Å². The van der Waals surface area contributed by atoms with Crippen LogP contribution in [0.3, 0.4) is 0 Å². The zero-order valence-electron chi connectivity index (χ0n) is 65.3. The molecule has 12 amide bonds. The Labute approximate surface area is 623 Å². The van der Waals surface area contributed by atoms with Gasteiger partial charge in [-0.25, -0.2) is 8.78 Å². The van der Waals surface area contributed by atoms with Crippen molar-refractivity contribution in [2.45, 2.75) is 261 Å². The molecule has 0 radical (unpaired) electrons. The first-order valence-electron chi connectivity index (χ1n) is 38.7. The summed E-state index contributed by atoms with van der Waals surface area (Å²) in [6, 6.07) is -10.6. The topological polar surface area (TPSA) is 271 Å². The van der Waals surface area contributed by atoms with E-state index < -0.39 is 205 Å². The van der Waals surface area contributed by atoms with Gasteiger partial charge in [0.2, 0.25) is 70.9 Å². The number of rotatable bonds is 13. The number of nitrogens with zero attached hydrogens (tertiary/aromatic N) is 10. The summed E-state index contributed by atoms with van der Waals surface area (Å²) in [6.45, 7) is 9.77. The maximum Gasteiger partial charge on any atom is 0.397 e. The predicted molar refractivity (Wildman–Crippen MR) is 385 cm³/mol. The lowest BCUT2D eigenvalue weighted by atomic mass is 9.73. The van der Waals surface area contributed by atoms with Gasteiger partial charge in [-0.2, -0.15) is 13.2 Å². The molecule has 1 spiro atoms. The second-order valence-corrected chi connectivity index (χ2v) is 32.4. The lowest BCUT2D eigenvalue weighted by Gasteiger charge is -2.51. The molecule has 25 nitrogen and oxygen atoms in total. The molecule has 6 fully saturated rings. The number of likely N-dealkylation sites (N-methyl/N-ethyl adjacent to an activating group) is 8. The summed E-state index contributed by atoms with van der Waals surface area (Å²) in [6.07, 6.45) is -3.10. The largest absolute Gasteiger partial charge is 0.397 e. The molecule has 3 aliphatic heterocycles. The number of amides is 12. The van der Waals surface area contributed by atoms with Crippen molar-refractivity contribution >= 4 is 70.9 Å². The van der Waals surface area contributed by atoms with Gasteiger partial charge < -0.3 is 64.4 Å². The summed E-state index contributed by atoms with van der Waals surface area (Å²) < 4.78 is 79.1. The van der Waals surface area contributed by atoms with Crippen LogP contribution in [0.1, 0.15) is 183 Å². The maximum absolute atomic E-state index is 15.7. The molecule has 0 aromatic rings. The summed E-state index contributed by atoms with van der Waals surface area (Å²) in [5, 5.41) is 5.64. The zero-order chi connectivity index (χ0) is 78.7. The SMILES string of the molecule is CCO[C@@H]1C[C@H]2C(=O)N(C)C3(CCC3)C(=O)N(C)[C@@H](C3CCCC3)C(=O)N(C)[C@H](C(=O)N(C)C)CC(=O)N(C)[C@@H](CC(C)C)C(=O)N[C@@H]([C@@H](C)CC)C(=O)N(C)CC(=O)N(C)[C@H]3C/C=C\CCN(C3=O)[C@@H](CC3CCC(C)CC3)C(=O)N(C)CC(=O)N[C@@H](CCC3CC(F)C(C(F)(F)F)C(F)C3)C(=O)N2C1. The normalized spacial score (nSPS) is 32.3. The summed E-state index contributed by atoms with van der Waals surface area (Å²) in [5.74, 6) is -13.1. The van der Waals surface area contributed by atoms with Crippen LogP contribution in [0.4, 0.5) is 22.0 Å². The fourth-order valence-electron chi connectivity index (χ4n) is 17.2. The van der Waals surface area contributed by atoms with Crippen LogP contribution >= 0.6 is 0 Å². The Hall–Kier alpha value is -7.01. The van der Waals surface area contributed by atoms with Gasteiger partial charge in [-0.05, 0) is 126 Å². The summed E-state index contributed by atoms with van der Waals surface area (Å²) >= 11 is 0. The minimum absolute atomic E-state index is 0.0144. The molecule has 2 bridgehead atoms. The molecule has 12 atom stereocenters. The summed E-state index contributed by atoms with van der Waals surface area (Å²) in [7, 11) is 12.8. The first-order valence-corrected chi connectivity index (χ1v) is 38.7. The van der Waals surface area contributed by atoms with Crippen molar-refractivity contribution in [1.29, 1.82) is 0 Å². The molecule has 3 heterocycles. The molecule has 598 valence electrons. The molecule has 2 N–H and O–H groups in total. The van der Waals surface area contributed by atoms with E-state index in [0.29, 0.717) is 50.9 Å². The highest BCUT2D eigenvalue weighted by atomic mass is 19.4. The predicted octanol–water partition coefficient (Wildman–Crippen LogP) is 6.15. The molecule has 2 saturated heterocycles. The van der Waals surface area contributed by atoms with Crippen molar-refractivity contribution in [2.75, 3.05) is 96.2 Å². The standard InChI is InChI=1S/C76H121F5N12O13/c1-16-47(6)64-72(103)86(10)44-62(96)87(11)55-26-19-18-22-35-92(71(55)102)58(39-48-29-27-46(5)28-30-48)69(100)85(9)43-60(94)82-54(32-31-49-37-52(77)63(53(78)38-49)76(79,80)81)67(98)93-42-51(106-17-2)40-59(93)70(101)91(15)75(33-23-34-75)74(105)90(14)65(50-24-20-21-25-50)73(104)89(13)57(68(99)84(7)8)41-61(95)88(12)56(36-45(3)4)66(97)83-64/h18-19,45-59,63-65H,16-17,20-44H2,1-15H3,(H,82,94)(H,83,97)/b19-18-/t46?,47-,48?,49?,51+,52?,53?,54-,55-,56-,57-,58-,59-,63?,64-,65-/m0/s1. The van der Waals surface area contributed by atoms with Gasteiger partial charge in [0.05, 0.1) is 25.6 Å². The Morgan fingerprint density at radius 2 is 1.28 bits per heavy atom. The number of fused-ring (bicyclic) bond motifs is 3. The summed E-state index contributed by atoms with van der Waals surface area (Å²) in [5.41, 5.74) is -1.60. The van der Waals surface area contributed by atoms with E-state index in [1.165, 1.54) is 97.7 Å². The van der Waals surface area contributed by atoms with Crippen molar-refractivity contribution < 1.29 is 84.2 Å². The highest BCUT2D eigenvalue weighted by Crippen LogP contribution is 2.46. The Morgan fingerprint density at radius 1 is 0.660 bits per heavy atom. The number of alkyl halides is 5. The molecular weight excluding hydrogens is 1380 g/mol. The van der Waals surface area contributed by atoms with Gasteiger partial charge in [-0.1, -0.05) is 91.7 Å². The molecule has 106 heavy (non-hydrogen) atoms. The van der Waals surface area contributed by atoms with E-state index >= 15 is 37.5 Å². The maximum atomic E-state index is 15.7. The zero-order valence-corrected chi connectivity index (χ0v) is 65.3. The smallest absolute Gasteiger partial charge is 0.377 e. The van der Waals surface area contributed by atoms with Crippen molar-refractivity contribution in [3.05, 3.63) is 12.2 Å². The monoisotopic (exact) mass is 1500 g/mol. The molecule has 0 aromatic heterocycles. The third-order valence-electron chi connectivity index (χ3n) is 24.3. The van der Waals surface area contributed by atoms with E-state index in [1.54, 1.807) is 19.9 Å². The highest BCUT2D eigenvalue weighted by molar-refractivity contribution is 6.01. The molecular formula is C76H121F5N12O13. The molecule has 30 heteroatoms. The lowest BCUT2D eigenvalue weighted by molar-refractivity contribution is -0.219. The van der Waals surface area contributed by atoms with Crippen LogP contribution in [-0.4, -0.2) is 295 Å². The first kappa shape index (κ1) is 86.2. The van der Waals surface area contributed by atoms with Gasteiger partial charge in [0.25, 0.3) is 0 Å². The molecule has 4 aliphatic carbocycles. The number of carbonyl (C=O) groups excluding carboxylic acids is 12. The summed E-state index contributed by atoms with van der Waals surface area (Å²) in [4.78, 5) is 195. The van der Waals surface area contributed by atoms with Crippen LogP contribution in [0.5, 0.6) is 0 Å². The first-order chi connectivity index (χ1) is 49.8. The van der Waals surface area contributed by atoms with Crippen LogP contribution < -0.4 is 10.6 Å². The van der Waals surface area contributed by atoms with E-state index in [2.05, 4.69) is 17.6 Å². The third kappa shape index (κ3) is 20.3. The van der Waals surface area contributed by atoms with Gasteiger partial charge in [-0.3, -0.25) is 57.5 Å². The van der Waals surface area contributed by atoms with Crippen LogP contribution in [0, 0.1) is 41.4 Å². The van der Waals surface area contributed by atoms with E-state index in [9.17, 15) is 41.9 Å². The van der Waals surface area contributed by atoms with Crippen LogP contribution in [0.15, 0.2) is 12.2 Å². The Kier molecular flexibility index (Phi) is 30.4. The van der Waals surface area contributed by atoms with Crippen molar-refractivity contribution in [1.82, 2.24) is 59.6 Å². The molecule has 7 rings (SSSR count). The van der Waals surface area contributed by atoms with Gasteiger partial charge in [0.15, 0.2) is 0 Å². The Balaban J connectivity index is 1.33. The average molecular weight is 1510 g/mol. The number of hydrogen-bond acceptors (Lipinski definition) is 13. The Morgan fingerprint density at radius 3 is 1.85 bits per heavy atom. The molecule has 7 aliphatic rings. The number of nitrogens with one attached hydrogen (secondary N) is 2. The number of hydrogen-bond donors (Lipinski definition) is 2. The van der Waals surface area contributed by atoms with E-state index in [0.717, 1.165) is 40.4 Å². The van der Waals surface area contributed by atoms with Gasteiger partial charge in [-0.15, -0.1) is 0 Å². The number of halogens is 5. The minimum Gasteiger partial charge on any atom is -0.377 e. The van der Waals surface area contributed by atoms with Crippen molar-refractivity contribution in [3.63, 3.8) is 0 Å². The Bertz CT molecular complexity index is 3150. The van der Waals surface area contributed by atoms with Crippen LogP contribution in [0.2, 0.25) is 0 Å². The van der Waals surface area contributed by atoms with Crippen LogP contribution in [0.25, 0.3) is 0 Å². The number of ether oxygens (including phenoxy) is 1. The second-order valence-electron chi connectivity index (χ2n) is 32.4. The van der Waals surface area contributed by atoms with Gasteiger partial charge >= 0.3 is 6.18 Å². The van der Waals surface area contributed by atoms with Crippen LogP contribution in [-0.2, 0) is 62.3 Å². The van der Waals surface area contributed by atoms with E-state index in [-0.39, 0.29) is 82.9 Å². The van der Waals surface area contributed by atoms with Crippen molar-refractivity contribution in [2.24, 2.45) is 41.4 Å². The average Bonchev–Trinajstić information content (AvgIpc) is 1.09. The molecule has 2 unspecified atom stereocenters. The highest BCUT2D eigenvalue weighted by Gasteiger charge is 2.58. The fourth-order valence-corrected chi connectivity index (χ4v) is 17.2. The quantitative estimate of drug-likeness (QED) is 0.155. The third-order valence-corrected chi connectivity index (χ3v) is 24.3. The molecule has 0 aromatic carbocycles. The number of carbonyl (C=O) groups is 12. The fraction of sp³-hybridized carbons (Fsp3) is 0.816. The second kappa shape index (κ2) is 37.4. The molecule has 4 saturated carbocycles. The van der Waals surface area contributed by atoms with Crippen molar-refractivity contribution in [3.8, 4) is 0 Å². The minimum atomic E-state index is -5.17. The lowest BCUT2D eigenvalue weighted by Crippen LogP contribution is -2.68. The van der Waals surface area contributed by atoms with Gasteiger partial charge in [0, 0.05) is 89.5 Å². The van der Waals surface area contributed by atoms with E-state index in [1.807, 2.05) is 26.8 Å². The van der Waals surface area contributed by atoms with Gasteiger partial charge in [0.1, 0.15) is 72.1 Å².